The van der Waals surface area contributed by atoms with E-state index in [0.717, 1.165) is 11.3 Å². The SMILES string of the molecule is COc1cc(OC)cc(C(=O)Nc2cc(C)n(Cc3c(Cl)cccc3Cl)n2)c1. The lowest BCUT2D eigenvalue weighted by Crippen LogP contribution is -2.13. The van der Waals surface area contributed by atoms with Crippen molar-refractivity contribution in [2.24, 2.45) is 0 Å². The summed E-state index contributed by atoms with van der Waals surface area (Å²) in [5.74, 6) is 1.16. The zero-order valence-electron chi connectivity index (χ0n) is 15.6. The number of ether oxygens (including phenoxy) is 2. The Bertz CT molecular complexity index is 975. The van der Waals surface area contributed by atoms with Gasteiger partial charge >= 0.3 is 0 Å². The fourth-order valence-corrected chi connectivity index (χ4v) is 3.21. The first-order valence-electron chi connectivity index (χ1n) is 8.43. The third-order valence-corrected chi connectivity index (χ3v) is 4.91. The Labute approximate surface area is 173 Å². The highest BCUT2D eigenvalue weighted by Gasteiger charge is 2.14. The summed E-state index contributed by atoms with van der Waals surface area (Å²) in [5.41, 5.74) is 2.03. The highest BCUT2D eigenvalue weighted by Crippen LogP contribution is 2.26. The van der Waals surface area contributed by atoms with Crippen molar-refractivity contribution in [2.45, 2.75) is 13.5 Å². The molecule has 3 aromatic rings. The molecular formula is C20H19Cl2N3O3. The molecule has 2 aromatic carbocycles. The fourth-order valence-electron chi connectivity index (χ4n) is 2.69. The molecule has 0 atom stereocenters. The lowest BCUT2D eigenvalue weighted by atomic mass is 10.2. The minimum absolute atomic E-state index is 0.322. The third kappa shape index (κ3) is 4.40. The van der Waals surface area contributed by atoms with Crippen LogP contribution < -0.4 is 14.8 Å². The molecule has 146 valence electrons. The number of anilines is 1. The maximum Gasteiger partial charge on any atom is 0.257 e. The molecule has 3 rings (SSSR count). The van der Waals surface area contributed by atoms with E-state index in [1.165, 1.54) is 14.2 Å². The second kappa shape index (κ2) is 8.54. The van der Waals surface area contributed by atoms with Crippen molar-refractivity contribution in [2.75, 3.05) is 19.5 Å². The first kappa shape index (κ1) is 20.0. The molecule has 0 aliphatic carbocycles. The molecule has 0 aliphatic heterocycles. The Morgan fingerprint density at radius 2 is 1.68 bits per heavy atom. The van der Waals surface area contributed by atoms with Crippen LogP contribution in [0.15, 0.2) is 42.5 Å². The molecule has 28 heavy (non-hydrogen) atoms. The standard InChI is InChI=1S/C20H19Cl2N3O3/c1-12-7-19(24-25(12)11-16-17(21)5-4-6-18(16)22)23-20(26)13-8-14(27-2)10-15(9-13)28-3/h4-10H,11H2,1-3H3,(H,23,24,26). The summed E-state index contributed by atoms with van der Waals surface area (Å²) in [6.07, 6.45) is 0. The number of aryl methyl sites for hydroxylation is 1. The predicted octanol–water partition coefficient (Wildman–Crippen LogP) is 4.82. The van der Waals surface area contributed by atoms with Gasteiger partial charge < -0.3 is 14.8 Å². The van der Waals surface area contributed by atoms with Gasteiger partial charge in [-0.15, -0.1) is 0 Å². The molecule has 0 saturated carbocycles. The molecular weight excluding hydrogens is 401 g/mol. The van der Waals surface area contributed by atoms with E-state index in [0.29, 0.717) is 39.5 Å². The van der Waals surface area contributed by atoms with Gasteiger partial charge in [0.15, 0.2) is 5.82 Å². The van der Waals surface area contributed by atoms with Gasteiger partial charge in [-0.2, -0.15) is 5.10 Å². The molecule has 0 radical (unpaired) electrons. The number of benzene rings is 2. The van der Waals surface area contributed by atoms with E-state index in [9.17, 15) is 4.79 Å². The first-order valence-corrected chi connectivity index (χ1v) is 9.18. The second-order valence-electron chi connectivity index (χ2n) is 6.08. The summed E-state index contributed by atoms with van der Waals surface area (Å²) in [7, 11) is 3.06. The monoisotopic (exact) mass is 419 g/mol. The minimum Gasteiger partial charge on any atom is -0.497 e. The van der Waals surface area contributed by atoms with Crippen molar-refractivity contribution in [1.82, 2.24) is 9.78 Å². The van der Waals surface area contributed by atoms with Crippen molar-refractivity contribution in [3.05, 3.63) is 69.3 Å². The number of halogens is 2. The van der Waals surface area contributed by atoms with Gasteiger partial charge in [-0.25, -0.2) is 0 Å². The van der Waals surface area contributed by atoms with Crippen molar-refractivity contribution >= 4 is 34.9 Å². The second-order valence-corrected chi connectivity index (χ2v) is 6.90. The number of hydrogen-bond acceptors (Lipinski definition) is 4. The van der Waals surface area contributed by atoms with Crippen molar-refractivity contribution < 1.29 is 14.3 Å². The van der Waals surface area contributed by atoms with Gasteiger partial charge in [0, 0.05) is 39.0 Å². The average molecular weight is 420 g/mol. The number of amides is 1. The van der Waals surface area contributed by atoms with Crippen LogP contribution in [-0.4, -0.2) is 29.9 Å². The number of carbonyl (C=O) groups is 1. The van der Waals surface area contributed by atoms with E-state index in [1.807, 2.05) is 6.92 Å². The first-order chi connectivity index (χ1) is 13.4. The highest BCUT2D eigenvalue weighted by atomic mass is 35.5. The number of hydrogen-bond donors (Lipinski definition) is 1. The Morgan fingerprint density at radius 1 is 1.07 bits per heavy atom. The lowest BCUT2D eigenvalue weighted by Gasteiger charge is -2.09. The van der Waals surface area contributed by atoms with Crippen molar-refractivity contribution in [1.29, 1.82) is 0 Å². The fraction of sp³-hybridized carbons (Fsp3) is 0.200. The van der Waals surface area contributed by atoms with Gasteiger partial charge in [-0.1, -0.05) is 29.3 Å². The predicted molar refractivity (Wildman–Crippen MR) is 110 cm³/mol. The maximum atomic E-state index is 12.6. The van der Waals surface area contributed by atoms with Crippen LogP contribution in [-0.2, 0) is 6.54 Å². The minimum atomic E-state index is -0.322. The number of nitrogens with one attached hydrogen (secondary N) is 1. The van der Waals surface area contributed by atoms with Crippen LogP contribution in [0.4, 0.5) is 5.82 Å². The molecule has 0 spiro atoms. The molecule has 0 saturated heterocycles. The van der Waals surface area contributed by atoms with Gasteiger partial charge in [-0.3, -0.25) is 9.48 Å². The number of aromatic nitrogens is 2. The largest absolute Gasteiger partial charge is 0.497 e. The maximum absolute atomic E-state index is 12.6. The Kier molecular flexibility index (Phi) is 6.11. The summed E-state index contributed by atoms with van der Waals surface area (Å²) in [6, 6.07) is 12.1. The molecule has 6 nitrogen and oxygen atoms in total. The molecule has 1 amide bonds. The van der Waals surface area contributed by atoms with Crippen LogP contribution in [0.2, 0.25) is 10.0 Å². The van der Waals surface area contributed by atoms with E-state index < -0.39 is 0 Å². The van der Waals surface area contributed by atoms with Crippen LogP contribution >= 0.6 is 23.2 Å². The van der Waals surface area contributed by atoms with Gasteiger partial charge in [0.25, 0.3) is 5.91 Å². The summed E-state index contributed by atoms with van der Waals surface area (Å²) in [6.45, 7) is 2.29. The number of rotatable bonds is 6. The van der Waals surface area contributed by atoms with E-state index in [4.69, 9.17) is 32.7 Å². The lowest BCUT2D eigenvalue weighted by molar-refractivity contribution is 0.102. The number of nitrogens with zero attached hydrogens (tertiary/aromatic N) is 2. The van der Waals surface area contributed by atoms with E-state index in [2.05, 4.69) is 10.4 Å². The molecule has 1 aromatic heterocycles. The average Bonchev–Trinajstić information content (AvgIpc) is 3.03. The summed E-state index contributed by atoms with van der Waals surface area (Å²) < 4.78 is 12.1. The summed E-state index contributed by atoms with van der Waals surface area (Å²) in [5, 5.41) is 8.36. The van der Waals surface area contributed by atoms with Gasteiger partial charge in [0.05, 0.1) is 20.8 Å². The molecule has 0 aliphatic rings. The molecule has 0 bridgehead atoms. The van der Waals surface area contributed by atoms with E-state index in [1.54, 1.807) is 47.1 Å². The Hall–Kier alpha value is -2.70. The van der Waals surface area contributed by atoms with Crippen LogP contribution in [0.1, 0.15) is 21.6 Å². The zero-order valence-corrected chi connectivity index (χ0v) is 17.1. The summed E-state index contributed by atoms with van der Waals surface area (Å²) in [4.78, 5) is 12.6. The topological polar surface area (TPSA) is 65.4 Å². The van der Waals surface area contributed by atoms with E-state index >= 15 is 0 Å². The van der Waals surface area contributed by atoms with Crippen LogP contribution in [0, 0.1) is 6.92 Å². The molecule has 0 unspecified atom stereocenters. The van der Waals surface area contributed by atoms with E-state index in [-0.39, 0.29) is 5.91 Å². The normalized spacial score (nSPS) is 10.6. The molecule has 1 N–H and O–H groups in total. The summed E-state index contributed by atoms with van der Waals surface area (Å²) >= 11 is 12.5. The Morgan fingerprint density at radius 3 is 2.25 bits per heavy atom. The van der Waals surface area contributed by atoms with Crippen LogP contribution in [0.3, 0.4) is 0 Å². The molecule has 8 heteroatoms. The number of carbonyl (C=O) groups excluding carboxylic acids is 1. The zero-order chi connectivity index (χ0) is 20.3. The third-order valence-electron chi connectivity index (χ3n) is 4.21. The number of methoxy groups -OCH3 is 2. The van der Waals surface area contributed by atoms with Gasteiger partial charge in [0.1, 0.15) is 11.5 Å². The molecule has 1 heterocycles. The van der Waals surface area contributed by atoms with Crippen molar-refractivity contribution in [3.63, 3.8) is 0 Å². The van der Waals surface area contributed by atoms with Gasteiger partial charge in [0.2, 0.25) is 0 Å². The van der Waals surface area contributed by atoms with Crippen molar-refractivity contribution in [3.8, 4) is 11.5 Å². The van der Waals surface area contributed by atoms with Crippen LogP contribution in [0.5, 0.6) is 11.5 Å². The smallest absolute Gasteiger partial charge is 0.257 e. The molecule has 0 fully saturated rings. The highest BCUT2D eigenvalue weighted by molar-refractivity contribution is 6.35. The quantitative estimate of drug-likeness (QED) is 0.621. The van der Waals surface area contributed by atoms with Crippen LogP contribution in [0.25, 0.3) is 0 Å². The van der Waals surface area contributed by atoms with Gasteiger partial charge in [-0.05, 0) is 31.2 Å². The Balaban J connectivity index is 1.81.